The van der Waals surface area contributed by atoms with Crippen molar-refractivity contribution in [3.05, 3.63) is 84.9 Å². The number of furan rings is 1. The minimum atomic E-state index is 0.693. The summed E-state index contributed by atoms with van der Waals surface area (Å²) in [4.78, 5) is 9.86. The van der Waals surface area contributed by atoms with Crippen molar-refractivity contribution in [1.29, 1.82) is 0 Å². The Kier molecular flexibility index (Phi) is 2.97. The first-order chi connectivity index (χ1) is 14.8. The van der Waals surface area contributed by atoms with E-state index in [1.54, 1.807) is 0 Å². The van der Waals surface area contributed by atoms with Crippen molar-refractivity contribution in [2.75, 3.05) is 0 Å². The molecular weight excluding hydrogens is 372 g/mol. The number of benzene rings is 4. The SMILES string of the molecule is c1ccc2c(c1)Oc1cccc3nc(-c4ccc5oc6ccccc6c5c4)nc-2c13. The van der Waals surface area contributed by atoms with Gasteiger partial charge < -0.3 is 9.15 Å². The second kappa shape index (κ2) is 5.67. The lowest BCUT2D eigenvalue weighted by atomic mass is 10.0. The smallest absolute Gasteiger partial charge is 0.160 e. The summed E-state index contributed by atoms with van der Waals surface area (Å²) in [5, 5.41) is 3.12. The van der Waals surface area contributed by atoms with Crippen LogP contribution in [0.3, 0.4) is 0 Å². The highest BCUT2D eigenvalue weighted by Crippen LogP contribution is 2.45. The van der Waals surface area contributed by atoms with Gasteiger partial charge in [-0.3, -0.25) is 0 Å². The Morgan fingerprint density at radius 1 is 0.633 bits per heavy atom. The van der Waals surface area contributed by atoms with Gasteiger partial charge in [-0.25, -0.2) is 9.97 Å². The molecule has 0 aliphatic carbocycles. The molecule has 3 heterocycles. The lowest BCUT2D eigenvalue weighted by Gasteiger charge is -2.20. The van der Waals surface area contributed by atoms with Crippen LogP contribution in [0.15, 0.2) is 89.3 Å². The molecule has 0 unspecified atom stereocenters. The summed E-state index contributed by atoms with van der Waals surface area (Å²) in [6.45, 7) is 0. The molecule has 0 atom stereocenters. The van der Waals surface area contributed by atoms with E-state index in [0.29, 0.717) is 5.82 Å². The molecule has 4 heteroatoms. The zero-order valence-electron chi connectivity index (χ0n) is 15.8. The lowest BCUT2D eigenvalue weighted by molar-refractivity contribution is 0.486. The van der Waals surface area contributed by atoms with E-state index in [2.05, 4.69) is 12.1 Å². The fourth-order valence-corrected chi connectivity index (χ4v) is 4.30. The quantitative estimate of drug-likeness (QED) is 0.306. The summed E-state index contributed by atoms with van der Waals surface area (Å²) in [7, 11) is 0. The van der Waals surface area contributed by atoms with Crippen LogP contribution in [0, 0.1) is 0 Å². The Bertz CT molecular complexity index is 1630. The number of aromatic nitrogens is 2. The summed E-state index contributed by atoms with van der Waals surface area (Å²) < 4.78 is 12.1. The number of para-hydroxylation sites is 2. The van der Waals surface area contributed by atoms with Gasteiger partial charge in [-0.2, -0.15) is 0 Å². The van der Waals surface area contributed by atoms with Crippen molar-refractivity contribution >= 4 is 32.8 Å². The van der Waals surface area contributed by atoms with Gasteiger partial charge in [0.05, 0.1) is 16.6 Å². The Morgan fingerprint density at radius 3 is 2.47 bits per heavy atom. The molecule has 0 saturated heterocycles. The van der Waals surface area contributed by atoms with Crippen LogP contribution in [0.1, 0.15) is 0 Å². The fourth-order valence-electron chi connectivity index (χ4n) is 4.30. The highest BCUT2D eigenvalue weighted by atomic mass is 16.5. The molecule has 0 saturated carbocycles. The number of hydrogen-bond acceptors (Lipinski definition) is 4. The third kappa shape index (κ3) is 2.10. The standard InChI is InChI=1S/C26H14N2O2/c1-3-9-20-16(6-1)18-14-15(12-13-22(18)29-20)26-27-19-8-5-11-23-24(19)25(28-26)17-7-2-4-10-21(17)30-23/h1-14H. The first-order valence-corrected chi connectivity index (χ1v) is 9.85. The number of hydrogen-bond donors (Lipinski definition) is 0. The number of rotatable bonds is 1. The molecule has 0 N–H and O–H groups in total. The molecule has 4 nitrogen and oxygen atoms in total. The summed E-state index contributed by atoms with van der Waals surface area (Å²) in [5.74, 6) is 2.31. The van der Waals surface area contributed by atoms with Crippen molar-refractivity contribution in [2.24, 2.45) is 0 Å². The predicted molar refractivity (Wildman–Crippen MR) is 118 cm³/mol. The molecule has 140 valence electrons. The molecule has 30 heavy (non-hydrogen) atoms. The van der Waals surface area contributed by atoms with E-state index in [1.165, 1.54) is 0 Å². The molecule has 1 aliphatic heterocycles. The first-order valence-electron chi connectivity index (χ1n) is 9.85. The second-order valence-corrected chi connectivity index (χ2v) is 7.45. The predicted octanol–water partition coefficient (Wildman–Crippen LogP) is 6.97. The van der Waals surface area contributed by atoms with E-state index in [0.717, 1.165) is 61.2 Å². The molecule has 4 aromatic carbocycles. The lowest BCUT2D eigenvalue weighted by Crippen LogP contribution is -2.02. The maximum Gasteiger partial charge on any atom is 0.160 e. The maximum atomic E-state index is 6.10. The van der Waals surface area contributed by atoms with Crippen molar-refractivity contribution in [2.45, 2.75) is 0 Å². The van der Waals surface area contributed by atoms with Gasteiger partial charge in [0.1, 0.15) is 22.7 Å². The molecule has 2 aromatic heterocycles. The van der Waals surface area contributed by atoms with Crippen LogP contribution in [0.4, 0.5) is 0 Å². The molecule has 0 spiro atoms. The largest absolute Gasteiger partial charge is 0.456 e. The van der Waals surface area contributed by atoms with Crippen LogP contribution in [0.5, 0.6) is 11.5 Å². The van der Waals surface area contributed by atoms with Crippen LogP contribution in [0.25, 0.3) is 55.5 Å². The summed E-state index contributed by atoms with van der Waals surface area (Å²) in [6.07, 6.45) is 0. The third-order valence-corrected chi connectivity index (χ3v) is 5.68. The number of fused-ring (bicyclic) bond motifs is 5. The number of nitrogens with zero attached hydrogens (tertiary/aromatic N) is 2. The van der Waals surface area contributed by atoms with Gasteiger partial charge >= 0.3 is 0 Å². The van der Waals surface area contributed by atoms with Crippen LogP contribution < -0.4 is 4.74 Å². The van der Waals surface area contributed by atoms with Gasteiger partial charge in [-0.05, 0) is 48.5 Å². The molecular formula is C26H14N2O2. The zero-order valence-corrected chi connectivity index (χ0v) is 15.8. The van der Waals surface area contributed by atoms with Gasteiger partial charge in [0.25, 0.3) is 0 Å². The fraction of sp³-hybridized carbons (Fsp3) is 0. The molecule has 7 rings (SSSR count). The Balaban J connectivity index is 1.53. The molecule has 0 bridgehead atoms. The van der Waals surface area contributed by atoms with Gasteiger partial charge in [0.2, 0.25) is 0 Å². The summed E-state index contributed by atoms with van der Waals surface area (Å²) in [6, 6.07) is 28.2. The Labute approximate surface area is 171 Å². The van der Waals surface area contributed by atoms with Crippen molar-refractivity contribution < 1.29 is 9.15 Å². The number of ether oxygens (including phenoxy) is 1. The van der Waals surface area contributed by atoms with Gasteiger partial charge in [0, 0.05) is 21.9 Å². The normalized spacial score (nSPS) is 12.3. The van der Waals surface area contributed by atoms with Gasteiger partial charge in [-0.1, -0.05) is 36.4 Å². The molecule has 0 radical (unpaired) electrons. The average molecular weight is 386 g/mol. The summed E-state index contributed by atoms with van der Waals surface area (Å²) >= 11 is 0. The second-order valence-electron chi connectivity index (χ2n) is 7.45. The van der Waals surface area contributed by atoms with Crippen molar-refractivity contribution in [1.82, 2.24) is 9.97 Å². The van der Waals surface area contributed by atoms with E-state index in [4.69, 9.17) is 19.1 Å². The highest BCUT2D eigenvalue weighted by Gasteiger charge is 2.23. The van der Waals surface area contributed by atoms with E-state index >= 15 is 0 Å². The molecule has 0 fully saturated rings. The van der Waals surface area contributed by atoms with Crippen molar-refractivity contribution in [3.63, 3.8) is 0 Å². The molecule has 6 aromatic rings. The third-order valence-electron chi connectivity index (χ3n) is 5.68. The maximum absolute atomic E-state index is 6.10. The average Bonchev–Trinajstić information content (AvgIpc) is 3.17. The zero-order chi connectivity index (χ0) is 19.7. The van der Waals surface area contributed by atoms with Gasteiger partial charge in [-0.15, -0.1) is 0 Å². The highest BCUT2D eigenvalue weighted by molar-refractivity contribution is 6.06. The monoisotopic (exact) mass is 386 g/mol. The first kappa shape index (κ1) is 15.7. The molecule has 0 amide bonds. The van der Waals surface area contributed by atoms with E-state index < -0.39 is 0 Å². The minimum Gasteiger partial charge on any atom is -0.456 e. The topological polar surface area (TPSA) is 48.2 Å². The minimum absolute atomic E-state index is 0.693. The van der Waals surface area contributed by atoms with E-state index in [9.17, 15) is 0 Å². The van der Waals surface area contributed by atoms with Crippen LogP contribution >= 0.6 is 0 Å². The Hall–Kier alpha value is -4.18. The Morgan fingerprint density at radius 2 is 1.47 bits per heavy atom. The van der Waals surface area contributed by atoms with Crippen molar-refractivity contribution in [3.8, 4) is 34.1 Å². The van der Waals surface area contributed by atoms with Gasteiger partial charge in [0.15, 0.2) is 5.82 Å². The molecule has 1 aliphatic rings. The van der Waals surface area contributed by atoms with E-state index in [1.807, 2.05) is 72.8 Å². The van der Waals surface area contributed by atoms with Crippen LogP contribution in [-0.4, -0.2) is 9.97 Å². The summed E-state index contributed by atoms with van der Waals surface area (Å²) in [5.41, 5.74) is 5.48. The van der Waals surface area contributed by atoms with E-state index in [-0.39, 0.29) is 0 Å². The van der Waals surface area contributed by atoms with Crippen LogP contribution in [0.2, 0.25) is 0 Å². The van der Waals surface area contributed by atoms with Crippen LogP contribution in [-0.2, 0) is 0 Å².